The second kappa shape index (κ2) is 5.37. The molecule has 0 saturated carbocycles. The average molecular weight is 342 g/mol. The number of halogens is 1. The van der Waals surface area contributed by atoms with Gasteiger partial charge < -0.3 is 5.73 Å². The number of aryl methyl sites for hydroxylation is 2. The summed E-state index contributed by atoms with van der Waals surface area (Å²) >= 11 is 3.50. The molecule has 0 saturated heterocycles. The molecule has 0 fully saturated rings. The van der Waals surface area contributed by atoms with Gasteiger partial charge in [0.1, 0.15) is 0 Å². The Hall–Kier alpha value is -2.07. The van der Waals surface area contributed by atoms with Gasteiger partial charge in [0, 0.05) is 10.0 Å². The molecule has 106 valence electrons. The first-order chi connectivity index (χ1) is 10.1. The molecular weight excluding hydrogens is 326 g/mol. The van der Waals surface area contributed by atoms with Crippen molar-refractivity contribution in [1.82, 2.24) is 10.2 Å². The number of nitrogens with zero attached hydrogens (tertiary/aromatic N) is 1. The van der Waals surface area contributed by atoms with E-state index in [9.17, 15) is 0 Å². The predicted octanol–water partition coefficient (Wildman–Crippen LogP) is 4.71. The molecule has 3 N–H and O–H groups in total. The van der Waals surface area contributed by atoms with Crippen LogP contribution in [-0.4, -0.2) is 10.2 Å². The Morgan fingerprint density at radius 1 is 1.00 bits per heavy atom. The lowest BCUT2D eigenvalue weighted by molar-refractivity contribution is 1.10. The Labute approximate surface area is 132 Å². The van der Waals surface area contributed by atoms with E-state index < -0.39 is 0 Å². The molecule has 3 aromatic rings. The molecule has 21 heavy (non-hydrogen) atoms. The third-order valence-corrected chi connectivity index (χ3v) is 4.16. The van der Waals surface area contributed by atoms with Gasteiger partial charge in [-0.15, -0.1) is 0 Å². The van der Waals surface area contributed by atoms with Crippen molar-refractivity contribution in [1.29, 1.82) is 0 Å². The van der Waals surface area contributed by atoms with E-state index in [2.05, 4.69) is 64.2 Å². The Bertz CT molecular complexity index is 806. The number of aromatic nitrogens is 2. The number of benzene rings is 2. The Morgan fingerprint density at radius 2 is 1.76 bits per heavy atom. The first-order valence-corrected chi connectivity index (χ1v) is 7.53. The van der Waals surface area contributed by atoms with Crippen LogP contribution in [0.4, 0.5) is 5.82 Å². The molecule has 0 aliphatic carbocycles. The average Bonchev–Trinajstić information content (AvgIpc) is 2.81. The minimum absolute atomic E-state index is 0.529. The number of hydrogen-bond donors (Lipinski definition) is 2. The van der Waals surface area contributed by atoms with E-state index in [-0.39, 0.29) is 0 Å². The van der Waals surface area contributed by atoms with Crippen molar-refractivity contribution < 1.29 is 0 Å². The van der Waals surface area contributed by atoms with E-state index in [1.165, 1.54) is 11.1 Å². The molecule has 0 aliphatic rings. The smallest absolute Gasteiger partial charge is 0.153 e. The summed E-state index contributed by atoms with van der Waals surface area (Å²) in [5, 5.41) is 7.30. The summed E-state index contributed by atoms with van der Waals surface area (Å²) in [6.45, 7) is 4.17. The van der Waals surface area contributed by atoms with Gasteiger partial charge in [-0.05, 0) is 42.7 Å². The van der Waals surface area contributed by atoms with Crippen molar-refractivity contribution in [2.24, 2.45) is 0 Å². The number of anilines is 1. The topological polar surface area (TPSA) is 54.7 Å². The first kappa shape index (κ1) is 13.9. The second-order valence-corrected chi connectivity index (χ2v) is 6.05. The molecule has 3 rings (SSSR count). The number of nitrogen functional groups attached to an aromatic ring is 1. The third-order valence-electron chi connectivity index (χ3n) is 3.67. The lowest BCUT2D eigenvalue weighted by atomic mass is 9.95. The fourth-order valence-electron chi connectivity index (χ4n) is 2.58. The molecule has 0 aliphatic heterocycles. The molecule has 0 spiro atoms. The maximum atomic E-state index is 6.11. The third kappa shape index (κ3) is 2.47. The van der Waals surface area contributed by atoms with E-state index in [0.717, 1.165) is 26.9 Å². The van der Waals surface area contributed by atoms with Crippen molar-refractivity contribution >= 4 is 21.7 Å². The number of nitrogens with one attached hydrogen (secondary N) is 1. The predicted molar refractivity (Wildman–Crippen MR) is 91.0 cm³/mol. The van der Waals surface area contributed by atoms with Crippen LogP contribution in [0.15, 0.2) is 46.9 Å². The van der Waals surface area contributed by atoms with E-state index in [0.29, 0.717) is 5.82 Å². The molecule has 0 atom stereocenters. The molecule has 0 radical (unpaired) electrons. The summed E-state index contributed by atoms with van der Waals surface area (Å²) in [4.78, 5) is 0. The van der Waals surface area contributed by atoms with Gasteiger partial charge in [-0.3, -0.25) is 5.10 Å². The van der Waals surface area contributed by atoms with Gasteiger partial charge in [-0.1, -0.05) is 46.3 Å². The van der Waals surface area contributed by atoms with Gasteiger partial charge in [0.2, 0.25) is 0 Å². The van der Waals surface area contributed by atoms with Crippen LogP contribution in [0, 0.1) is 13.8 Å². The van der Waals surface area contributed by atoms with Gasteiger partial charge >= 0.3 is 0 Å². The van der Waals surface area contributed by atoms with Crippen molar-refractivity contribution in [3.63, 3.8) is 0 Å². The zero-order valence-corrected chi connectivity index (χ0v) is 13.5. The highest BCUT2D eigenvalue weighted by Gasteiger charge is 2.17. The van der Waals surface area contributed by atoms with Gasteiger partial charge in [-0.25, -0.2) is 0 Å². The van der Waals surface area contributed by atoms with Crippen LogP contribution in [0.25, 0.3) is 22.4 Å². The summed E-state index contributed by atoms with van der Waals surface area (Å²) in [7, 11) is 0. The number of hydrogen-bond acceptors (Lipinski definition) is 2. The van der Waals surface area contributed by atoms with Gasteiger partial charge in [-0.2, -0.15) is 5.10 Å². The summed E-state index contributed by atoms with van der Waals surface area (Å²) in [6, 6.07) is 14.4. The fourth-order valence-corrected chi connectivity index (χ4v) is 3.06. The zero-order valence-electron chi connectivity index (χ0n) is 11.9. The molecule has 2 aromatic carbocycles. The summed E-state index contributed by atoms with van der Waals surface area (Å²) in [5.74, 6) is 0.529. The molecule has 4 heteroatoms. The lowest BCUT2D eigenvalue weighted by Gasteiger charge is -2.10. The number of nitrogens with two attached hydrogens (primary N) is 1. The summed E-state index contributed by atoms with van der Waals surface area (Å²) < 4.78 is 1.06. The quantitative estimate of drug-likeness (QED) is 0.709. The monoisotopic (exact) mass is 341 g/mol. The molecule has 0 unspecified atom stereocenters. The van der Waals surface area contributed by atoms with Crippen LogP contribution in [0.5, 0.6) is 0 Å². The van der Waals surface area contributed by atoms with Crippen LogP contribution in [0.1, 0.15) is 11.1 Å². The highest BCUT2D eigenvalue weighted by atomic mass is 79.9. The maximum Gasteiger partial charge on any atom is 0.153 e. The van der Waals surface area contributed by atoms with E-state index >= 15 is 0 Å². The van der Waals surface area contributed by atoms with E-state index in [1.807, 2.05) is 18.2 Å². The normalized spacial score (nSPS) is 10.8. The minimum Gasteiger partial charge on any atom is -0.382 e. The summed E-state index contributed by atoms with van der Waals surface area (Å²) in [6.07, 6.45) is 0. The molecule has 1 aromatic heterocycles. The van der Waals surface area contributed by atoms with Crippen LogP contribution >= 0.6 is 15.9 Å². The van der Waals surface area contributed by atoms with Crippen LogP contribution in [0.2, 0.25) is 0 Å². The Balaban J connectivity index is 2.25. The van der Waals surface area contributed by atoms with Gasteiger partial charge in [0.25, 0.3) is 0 Å². The molecular formula is C17H16BrN3. The zero-order chi connectivity index (χ0) is 15.0. The highest BCUT2D eigenvalue weighted by Crippen LogP contribution is 2.37. The molecule has 0 bridgehead atoms. The van der Waals surface area contributed by atoms with Crippen LogP contribution in [0.3, 0.4) is 0 Å². The number of H-pyrrole nitrogens is 1. The molecule has 0 amide bonds. The van der Waals surface area contributed by atoms with Crippen molar-refractivity contribution in [3.05, 3.63) is 58.1 Å². The lowest BCUT2D eigenvalue weighted by Crippen LogP contribution is -1.92. The SMILES string of the molecule is Cc1cc(Br)ccc1-c1[nH]nc(N)c1-c1ccccc1C. The Morgan fingerprint density at radius 3 is 2.48 bits per heavy atom. The summed E-state index contributed by atoms with van der Waals surface area (Å²) in [5.41, 5.74) is 12.6. The van der Waals surface area contributed by atoms with Gasteiger partial charge in [0.05, 0.1) is 11.3 Å². The standard InChI is InChI=1S/C17H16BrN3/c1-10-5-3-4-6-13(10)15-16(20-21-17(15)19)14-8-7-12(18)9-11(14)2/h3-9H,1-2H3,(H3,19,20,21). The fraction of sp³-hybridized carbons (Fsp3) is 0.118. The van der Waals surface area contributed by atoms with Crippen molar-refractivity contribution in [2.45, 2.75) is 13.8 Å². The molecule has 3 nitrogen and oxygen atoms in total. The van der Waals surface area contributed by atoms with Gasteiger partial charge in [0.15, 0.2) is 5.82 Å². The second-order valence-electron chi connectivity index (χ2n) is 5.13. The number of aromatic amines is 1. The minimum atomic E-state index is 0.529. The number of rotatable bonds is 2. The Kier molecular flexibility index (Phi) is 3.55. The van der Waals surface area contributed by atoms with Crippen LogP contribution in [-0.2, 0) is 0 Å². The van der Waals surface area contributed by atoms with Crippen LogP contribution < -0.4 is 5.73 Å². The van der Waals surface area contributed by atoms with Crippen molar-refractivity contribution in [3.8, 4) is 22.4 Å². The van der Waals surface area contributed by atoms with E-state index in [4.69, 9.17) is 5.73 Å². The largest absolute Gasteiger partial charge is 0.382 e. The van der Waals surface area contributed by atoms with E-state index in [1.54, 1.807) is 0 Å². The van der Waals surface area contributed by atoms with Crippen molar-refractivity contribution in [2.75, 3.05) is 5.73 Å². The first-order valence-electron chi connectivity index (χ1n) is 6.74. The maximum absolute atomic E-state index is 6.11. The molecule has 1 heterocycles. The highest BCUT2D eigenvalue weighted by molar-refractivity contribution is 9.10.